The molecule has 2 aromatic rings. The number of hydrogen-bond donors (Lipinski definition) is 6. The van der Waals surface area contributed by atoms with Crippen molar-refractivity contribution in [2.45, 2.75) is 26.3 Å². The molecule has 0 saturated carbocycles. The van der Waals surface area contributed by atoms with Gasteiger partial charge in [0.2, 0.25) is 0 Å². The Bertz CT molecular complexity index is 1110. The molecule has 0 bridgehead atoms. The first-order valence-corrected chi connectivity index (χ1v) is 9.93. The van der Waals surface area contributed by atoms with Gasteiger partial charge in [0.05, 0.1) is 33.4 Å². The number of carbonyl (C=O) groups is 2. The molecule has 14 heteroatoms. The maximum absolute atomic E-state index is 11.5. The zero-order chi connectivity index (χ0) is 26.8. The molecule has 0 aliphatic heterocycles. The van der Waals surface area contributed by atoms with Crippen LogP contribution >= 0.6 is 0 Å². The molecular weight excluding hydrogens is 464 g/mol. The standard InChI is InChI=1S/C11H15N3O4.C10H11N3O4/c1-11(2,3)13-10(16)12-8-5-4-7(14(17)18)6-9(8)15;1-2-5-11-10(15)12-8-4-3-7(13(16)17)6-9(8)14/h4-6,15H,1-3H3,(H2,12,13,16);2-4,6,14H,1,5H2,(H2,11,12,15). The van der Waals surface area contributed by atoms with Gasteiger partial charge >= 0.3 is 12.1 Å². The van der Waals surface area contributed by atoms with Crippen LogP contribution in [-0.2, 0) is 0 Å². The lowest BCUT2D eigenvalue weighted by atomic mass is 10.1. The first-order valence-electron chi connectivity index (χ1n) is 9.93. The van der Waals surface area contributed by atoms with Gasteiger partial charge in [0.1, 0.15) is 11.5 Å². The highest BCUT2D eigenvalue weighted by Crippen LogP contribution is 2.28. The monoisotopic (exact) mass is 490 g/mol. The molecule has 188 valence electrons. The highest BCUT2D eigenvalue weighted by Gasteiger charge is 2.16. The number of aromatic hydroxyl groups is 2. The van der Waals surface area contributed by atoms with Crippen LogP contribution in [0.5, 0.6) is 11.5 Å². The van der Waals surface area contributed by atoms with Crippen LogP contribution in [0.3, 0.4) is 0 Å². The van der Waals surface area contributed by atoms with Crippen LogP contribution in [-0.4, -0.2) is 44.2 Å². The van der Waals surface area contributed by atoms with E-state index in [4.69, 9.17) is 0 Å². The summed E-state index contributed by atoms with van der Waals surface area (Å²) in [6.07, 6.45) is 1.50. The summed E-state index contributed by atoms with van der Waals surface area (Å²) < 4.78 is 0. The Morgan fingerprint density at radius 2 is 1.34 bits per heavy atom. The number of benzene rings is 2. The molecule has 0 spiro atoms. The van der Waals surface area contributed by atoms with E-state index in [1.807, 2.05) is 20.8 Å². The lowest BCUT2D eigenvalue weighted by molar-refractivity contribution is -0.385. The van der Waals surface area contributed by atoms with Gasteiger partial charge in [-0.3, -0.25) is 20.2 Å². The second-order valence-electron chi connectivity index (χ2n) is 7.87. The summed E-state index contributed by atoms with van der Waals surface area (Å²) in [5, 5.41) is 49.7. The molecule has 0 radical (unpaired) electrons. The normalized spacial score (nSPS) is 10.1. The summed E-state index contributed by atoms with van der Waals surface area (Å²) >= 11 is 0. The number of nitro benzene ring substituents is 2. The summed E-state index contributed by atoms with van der Waals surface area (Å²) in [6.45, 7) is 9.12. The maximum atomic E-state index is 11.5. The fraction of sp³-hybridized carbons (Fsp3) is 0.238. The van der Waals surface area contributed by atoms with Gasteiger partial charge in [-0.1, -0.05) is 6.08 Å². The van der Waals surface area contributed by atoms with Crippen LogP contribution < -0.4 is 21.3 Å². The molecule has 6 N–H and O–H groups in total. The van der Waals surface area contributed by atoms with Gasteiger partial charge in [-0.15, -0.1) is 6.58 Å². The number of rotatable bonds is 6. The highest BCUT2D eigenvalue weighted by molar-refractivity contribution is 5.92. The van der Waals surface area contributed by atoms with Gasteiger partial charge in [-0.05, 0) is 32.9 Å². The molecule has 0 aromatic heterocycles. The van der Waals surface area contributed by atoms with Crippen LogP contribution in [0.25, 0.3) is 0 Å². The van der Waals surface area contributed by atoms with Crippen molar-refractivity contribution >= 4 is 34.8 Å². The second-order valence-corrected chi connectivity index (χ2v) is 7.87. The molecule has 0 atom stereocenters. The van der Waals surface area contributed by atoms with Gasteiger partial charge in [-0.2, -0.15) is 0 Å². The largest absolute Gasteiger partial charge is 0.506 e. The van der Waals surface area contributed by atoms with Crippen LogP contribution in [0, 0.1) is 20.2 Å². The van der Waals surface area contributed by atoms with Crippen molar-refractivity contribution < 1.29 is 29.6 Å². The number of carbonyl (C=O) groups excluding carboxylic acids is 2. The predicted octanol–water partition coefficient (Wildman–Crippen LogP) is 3.83. The van der Waals surface area contributed by atoms with E-state index in [0.717, 1.165) is 12.1 Å². The van der Waals surface area contributed by atoms with E-state index in [2.05, 4.69) is 27.8 Å². The summed E-state index contributed by atoms with van der Waals surface area (Å²) in [4.78, 5) is 42.4. The number of anilines is 2. The van der Waals surface area contributed by atoms with E-state index in [1.165, 1.54) is 30.3 Å². The number of amides is 4. The zero-order valence-corrected chi connectivity index (χ0v) is 19.2. The lowest BCUT2D eigenvalue weighted by Crippen LogP contribution is -2.43. The molecule has 0 fully saturated rings. The molecule has 0 aliphatic rings. The minimum Gasteiger partial charge on any atom is -0.506 e. The van der Waals surface area contributed by atoms with Crippen LogP contribution in [0.4, 0.5) is 32.3 Å². The molecule has 0 aliphatic carbocycles. The molecule has 35 heavy (non-hydrogen) atoms. The third kappa shape index (κ3) is 10.1. The quantitative estimate of drug-likeness (QED) is 0.151. The fourth-order valence-electron chi connectivity index (χ4n) is 2.30. The Morgan fingerprint density at radius 1 is 0.914 bits per heavy atom. The Hall–Kier alpha value is -4.88. The number of urea groups is 2. The predicted molar refractivity (Wildman–Crippen MR) is 129 cm³/mol. The first kappa shape index (κ1) is 28.2. The van der Waals surface area contributed by atoms with Crippen molar-refractivity contribution in [1.82, 2.24) is 10.6 Å². The van der Waals surface area contributed by atoms with E-state index in [-0.39, 0.29) is 40.8 Å². The molecule has 0 unspecified atom stereocenters. The third-order valence-corrected chi connectivity index (χ3v) is 3.78. The Kier molecular flexibility index (Phi) is 9.96. The average molecular weight is 490 g/mol. The Morgan fingerprint density at radius 3 is 1.69 bits per heavy atom. The molecule has 0 heterocycles. The SMILES string of the molecule is C=CCNC(=O)Nc1ccc([N+](=O)[O-])cc1O.CC(C)(C)NC(=O)Nc1ccc([N+](=O)[O-])cc1O. The number of nitrogens with one attached hydrogen (secondary N) is 4. The average Bonchev–Trinajstić information content (AvgIpc) is 2.74. The Balaban J connectivity index is 0.000000351. The van der Waals surface area contributed by atoms with Gasteiger partial charge in [0.15, 0.2) is 0 Å². The van der Waals surface area contributed by atoms with Gasteiger partial charge < -0.3 is 31.5 Å². The van der Waals surface area contributed by atoms with Crippen LogP contribution in [0.1, 0.15) is 20.8 Å². The summed E-state index contributed by atoms with van der Waals surface area (Å²) in [5.74, 6) is -0.721. The topological polar surface area (TPSA) is 209 Å². The lowest BCUT2D eigenvalue weighted by Gasteiger charge is -2.20. The third-order valence-electron chi connectivity index (χ3n) is 3.78. The van der Waals surface area contributed by atoms with Crippen molar-refractivity contribution in [3.63, 3.8) is 0 Å². The zero-order valence-electron chi connectivity index (χ0n) is 19.2. The van der Waals surface area contributed by atoms with Crippen molar-refractivity contribution in [2.75, 3.05) is 17.2 Å². The fourth-order valence-corrected chi connectivity index (χ4v) is 2.30. The van der Waals surface area contributed by atoms with Gasteiger partial charge in [-0.25, -0.2) is 9.59 Å². The number of nitrogens with zero attached hydrogens (tertiary/aromatic N) is 2. The highest BCUT2D eigenvalue weighted by atomic mass is 16.6. The number of hydrogen-bond acceptors (Lipinski definition) is 8. The Labute approximate surface area is 200 Å². The minimum absolute atomic E-state index is 0.0946. The van der Waals surface area contributed by atoms with E-state index in [9.17, 15) is 40.0 Å². The molecule has 14 nitrogen and oxygen atoms in total. The van der Waals surface area contributed by atoms with Crippen LogP contribution in [0.15, 0.2) is 49.1 Å². The number of phenols is 2. The van der Waals surface area contributed by atoms with E-state index < -0.39 is 27.4 Å². The summed E-state index contributed by atoms with van der Waals surface area (Å²) in [5.41, 5.74) is -0.700. The first-order chi connectivity index (χ1) is 16.2. The molecule has 2 aromatic carbocycles. The van der Waals surface area contributed by atoms with Crippen LogP contribution in [0.2, 0.25) is 0 Å². The second kappa shape index (κ2) is 12.4. The smallest absolute Gasteiger partial charge is 0.319 e. The van der Waals surface area contributed by atoms with Crippen molar-refractivity contribution in [2.24, 2.45) is 0 Å². The number of phenolic OH excluding ortho intramolecular Hbond substituents is 2. The molecule has 4 amide bonds. The number of non-ortho nitro benzene ring substituents is 2. The minimum atomic E-state index is -0.638. The number of nitro groups is 2. The van der Waals surface area contributed by atoms with Gasteiger partial charge in [0.25, 0.3) is 11.4 Å². The van der Waals surface area contributed by atoms with Crippen molar-refractivity contribution in [1.29, 1.82) is 0 Å². The molecule has 2 rings (SSSR count). The van der Waals surface area contributed by atoms with E-state index in [1.54, 1.807) is 0 Å². The molecule has 0 saturated heterocycles. The van der Waals surface area contributed by atoms with Crippen molar-refractivity contribution in [3.8, 4) is 11.5 Å². The van der Waals surface area contributed by atoms with E-state index in [0.29, 0.717) is 0 Å². The maximum Gasteiger partial charge on any atom is 0.319 e. The van der Waals surface area contributed by atoms with Gasteiger partial charge in [0, 0.05) is 24.2 Å². The van der Waals surface area contributed by atoms with Crippen molar-refractivity contribution in [3.05, 3.63) is 69.3 Å². The summed E-state index contributed by atoms with van der Waals surface area (Å²) in [6, 6.07) is 5.82. The summed E-state index contributed by atoms with van der Waals surface area (Å²) in [7, 11) is 0. The molecular formula is C21H26N6O8. The van der Waals surface area contributed by atoms with E-state index >= 15 is 0 Å².